The minimum atomic E-state index is 0.548. The zero-order valence-corrected chi connectivity index (χ0v) is 14.5. The second kappa shape index (κ2) is 5.75. The lowest BCUT2D eigenvalue weighted by molar-refractivity contribution is 1.20. The van der Waals surface area contributed by atoms with E-state index in [2.05, 4.69) is 34.6 Å². The van der Waals surface area contributed by atoms with Crippen molar-refractivity contribution in [2.24, 2.45) is 0 Å². The van der Waals surface area contributed by atoms with Gasteiger partial charge in [-0.05, 0) is 43.9 Å². The van der Waals surface area contributed by atoms with E-state index in [0.29, 0.717) is 5.82 Å². The van der Waals surface area contributed by atoms with Crippen LogP contribution >= 0.6 is 34.2 Å². The van der Waals surface area contributed by atoms with Gasteiger partial charge in [0.15, 0.2) is 0 Å². The predicted octanol–water partition coefficient (Wildman–Crippen LogP) is 4.45. The van der Waals surface area contributed by atoms with Gasteiger partial charge in [0.05, 0.1) is 22.8 Å². The summed E-state index contributed by atoms with van der Waals surface area (Å²) in [6, 6.07) is 2.23. The number of nitrogen functional groups attached to an aromatic ring is 1. The van der Waals surface area contributed by atoms with Crippen molar-refractivity contribution < 1.29 is 0 Å². The van der Waals surface area contributed by atoms with Crippen LogP contribution in [0.2, 0.25) is 0 Å². The minimum absolute atomic E-state index is 0.548. The first kappa shape index (κ1) is 14.5. The van der Waals surface area contributed by atoms with Gasteiger partial charge in [0.25, 0.3) is 0 Å². The van der Waals surface area contributed by atoms with E-state index in [9.17, 15) is 0 Å². The van der Waals surface area contributed by atoms with Crippen molar-refractivity contribution in [1.82, 2.24) is 9.36 Å². The Morgan fingerprint density at radius 1 is 1.29 bits per heavy atom. The molecular weight excluding hydrogens is 320 g/mol. The fraction of sp³-hybridized carbons (Fsp3) is 0.286. The van der Waals surface area contributed by atoms with Gasteiger partial charge in [-0.1, -0.05) is 0 Å². The molecule has 0 radical (unpaired) electrons. The third-order valence-electron chi connectivity index (χ3n) is 3.23. The van der Waals surface area contributed by atoms with Gasteiger partial charge in [-0.3, -0.25) is 0 Å². The molecule has 3 aromatic heterocycles. The van der Waals surface area contributed by atoms with Crippen molar-refractivity contribution in [3.8, 4) is 11.3 Å². The first-order valence-corrected chi connectivity index (χ1v) is 8.99. The van der Waals surface area contributed by atoms with Gasteiger partial charge in [0, 0.05) is 15.1 Å². The number of aryl methyl sites for hydroxylation is 3. The molecule has 0 saturated heterocycles. The van der Waals surface area contributed by atoms with Gasteiger partial charge in [-0.2, -0.15) is 4.37 Å². The molecule has 0 amide bonds. The molecule has 3 aromatic rings. The van der Waals surface area contributed by atoms with Crippen LogP contribution < -0.4 is 11.1 Å². The summed E-state index contributed by atoms with van der Waals surface area (Å²) in [5, 5.41) is 7.50. The molecule has 110 valence electrons. The lowest BCUT2D eigenvalue weighted by atomic mass is 10.2. The van der Waals surface area contributed by atoms with Crippen molar-refractivity contribution >= 4 is 45.0 Å². The third kappa shape index (κ3) is 2.95. The molecule has 0 spiro atoms. The molecule has 0 aromatic carbocycles. The van der Waals surface area contributed by atoms with Gasteiger partial charge in [-0.25, -0.2) is 4.98 Å². The van der Waals surface area contributed by atoms with E-state index in [1.165, 1.54) is 26.9 Å². The zero-order chi connectivity index (χ0) is 15.0. The van der Waals surface area contributed by atoms with E-state index in [0.717, 1.165) is 27.8 Å². The van der Waals surface area contributed by atoms with Crippen LogP contribution in [0.15, 0.2) is 11.4 Å². The largest absolute Gasteiger partial charge is 0.382 e. The van der Waals surface area contributed by atoms with Crippen LogP contribution in [-0.4, -0.2) is 9.36 Å². The molecule has 3 rings (SSSR count). The van der Waals surface area contributed by atoms with Crippen molar-refractivity contribution in [3.05, 3.63) is 31.8 Å². The number of hydrogen-bond donors (Lipinski definition) is 2. The van der Waals surface area contributed by atoms with E-state index in [1.54, 1.807) is 11.3 Å². The summed E-state index contributed by atoms with van der Waals surface area (Å²) in [5.74, 6) is 0.548. The molecule has 3 heterocycles. The maximum Gasteiger partial charge on any atom is 0.148 e. The predicted molar refractivity (Wildman–Crippen MR) is 93.5 cm³/mol. The van der Waals surface area contributed by atoms with Gasteiger partial charge >= 0.3 is 0 Å². The van der Waals surface area contributed by atoms with Gasteiger partial charge in [-0.15, -0.1) is 22.7 Å². The number of nitrogens with two attached hydrogens (primary N) is 1. The second-order valence-corrected chi connectivity index (χ2v) is 8.01. The van der Waals surface area contributed by atoms with E-state index in [1.807, 2.05) is 23.6 Å². The summed E-state index contributed by atoms with van der Waals surface area (Å²) < 4.78 is 4.26. The zero-order valence-electron chi connectivity index (χ0n) is 12.1. The molecule has 4 nitrogen and oxygen atoms in total. The first-order valence-electron chi connectivity index (χ1n) is 6.52. The number of aromatic nitrogens is 2. The summed E-state index contributed by atoms with van der Waals surface area (Å²) in [6.45, 7) is 7.08. The molecule has 0 atom stereocenters. The fourth-order valence-corrected chi connectivity index (χ4v) is 4.37. The first-order chi connectivity index (χ1) is 10.0. The van der Waals surface area contributed by atoms with E-state index < -0.39 is 0 Å². The highest BCUT2D eigenvalue weighted by Gasteiger charge is 2.16. The Labute approximate surface area is 135 Å². The molecule has 0 aliphatic rings. The Balaban J connectivity index is 1.83. The maximum absolute atomic E-state index is 6.01. The molecule has 0 saturated carbocycles. The number of thiazole rings is 1. The second-order valence-electron chi connectivity index (χ2n) is 4.83. The lowest BCUT2D eigenvalue weighted by Crippen LogP contribution is -1.98. The molecule has 0 aliphatic heterocycles. The topological polar surface area (TPSA) is 63.8 Å². The number of nitrogens with one attached hydrogen (secondary N) is 1. The standard InChI is InChI=1S/C14H16N4S3/c1-7-4-10(20-8(7)2)5-16-14-12(13(15)18-21-14)11-6-19-9(3)17-11/h4,6,16H,5H2,1-3H3,(H2,15,18). The Hall–Kier alpha value is -1.44. The Morgan fingerprint density at radius 2 is 2.10 bits per heavy atom. The smallest absolute Gasteiger partial charge is 0.148 e. The monoisotopic (exact) mass is 336 g/mol. The molecule has 7 heteroatoms. The van der Waals surface area contributed by atoms with E-state index >= 15 is 0 Å². The van der Waals surface area contributed by atoms with Crippen LogP contribution in [0.1, 0.15) is 20.3 Å². The number of hydrogen-bond acceptors (Lipinski definition) is 7. The van der Waals surface area contributed by atoms with Crippen LogP contribution in [0.4, 0.5) is 10.8 Å². The molecule has 0 fully saturated rings. The average molecular weight is 337 g/mol. The number of anilines is 2. The molecular formula is C14H16N4S3. The minimum Gasteiger partial charge on any atom is -0.382 e. The highest BCUT2D eigenvalue weighted by Crippen LogP contribution is 2.37. The molecule has 3 N–H and O–H groups in total. The van der Waals surface area contributed by atoms with Gasteiger partial charge in [0.2, 0.25) is 0 Å². The van der Waals surface area contributed by atoms with Crippen molar-refractivity contribution in [3.63, 3.8) is 0 Å². The van der Waals surface area contributed by atoms with Gasteiger partial charge in [0.1, 0.15) is 10.8 Å². The van der Waals surface area contributed by atoms with Crippen LogP contribution in [0, 0.1) is 20.8 Å². The van der Waals surface area contributed by atoms with E-state index in [4.69, 9.17) is 5.73 Å². The SMILES string of the molecule is Cc1nc(-c2c(N)nsc2NCc2cc(C)c(C)s2)cs1. The Morgan fingerprint density at radius 3 is 2.71 bits per heavy atom. The summed E-state index contributed by atoms with van der Waals surface area (Å²) in [5.41, 5.74) is 9.18. The van der Waals surface area contributed by atoms with E-state index in [-0.39, 0.29) is 0 Å². The molecule has 0 aliphatic carbocycles. The number of thiophene rings is 1. The van der Waals surface area contributed by atoms with Gasteiger partial charge < -0.3 is 11.1 Å². The third-order valence-corrected chi connectivity index (χ3v) is 5.98. The average Bonchev–Trinajstić information content (AvgIpc) is 3.09. The normalized spacial score (nSPS) is 11.0. The highest BCUT2D eigenvalue weighted by atomic mass is 32.1. The maximum atomic E-state index is 6.01. The summed E-state index contributed by atoms with van der Waals surface area (Å²) >= 11 is 4.84. The van der Waals surface area contributed by atoms with Crippen LogP contribution in [-0.2, 0) is 6.54 Å². The summed E-state index contributed by atoms with van der Waals surface area (Å²) in [4.78, 5) is 7.20. The lowest BCUT2D eigenvalue weighted by Gasteiger charge is -2.04. The van der Waals surface area contributed by atoms with Crippen LogP contribution in [0.3, 0.4) is 0 Å². The molecule has 0 bridgehead atoms. The number of rotatable bonds is 4. The van der Waals surface area contributed by atoms with Crippen LogP contribution in [0.5, 0.6) is 0 Å². The number of nitrogens with zero attached hydrogens (tertiary/aromatic N) is 2. The van der Waals surface area contributed by atoms with Crippen molar-refractivity contribution in [2.75, 3.05) is 11.1 Å². The Bertz CT molecular complexity index is 750. The summed E-state index contributed by atoms with van der Waals surface area (Å²) in [7, 11) is 0. The quantitative estimate of drug-likeness (QED) is 0.739. The molecule has 0 unspecified atom stereocenters. The van der Waals surface area contributed by atoms with Crippen molar-refractivity contribution in [1.29, 1.82) is 0 Å². The highest BCUT2D eigenvalue weighted by molar-refractivity contribution is 7.12. The van der Waals surface area contributed by atoms with Crippen molar-refractivity contribution in [2.45, 2.75) is 27.3 Å². The summed E-state index contributed by atoms with van der Waals surface area (Å²) in [6.07, 6.45) is 0. The fourth-order valence-electron chi connectivity index (χ4n) is 2.05. The molecule has 21 heavy (non-hydrogen) atoms. The Kier molecular flexibility index (Phi) is 3.97. The van der Waals surface area contributed by atoms with Crippen LogP contribution in [0.25, 0.3) is 11.3 Å².